The fourth-order valence-electron chi connectivity index (χ4n) is 0.654. The molecule has 0 aliphatic rings. The Morgan fingerprint density at radius 2 is 2.25 bits per heavy atom. The number of ether oxygens (including phenoxy) is 1. The SMILES string of the molecule is CCOC(=O)C(C)=CC(O)CO. The van der Waals surface area contributed by atoms with Gasteiger partial charge in [-0.2, -0.15) is 0 Å². The van der Waals surface area contributed by atoms with Gasteiger partial charge in [0.2, 0.25) is 0 Å². The van der Waals surface area contributed by atoms with E-state index in [1.165, 1.54) is 13.0 Å². The lowest BCUT2D eigenvalue weighted by Gasteiger charge is -2.03. The fraction of sp³-hybridized carbons (Fsp3) is 0.625. The summed E-state index contributed by atoms with van der Waals surface area (Å²) in [5.74, 6) is -0.468. The minimum Gasteiger partial charge on any atom is -0.463 e. The first-order valence-corrected chi connectivity index (χ1v) is 3.76. The van der Waals surface area contributed by atoms with E-state index >= 15 is 0 Å². The molecule has 2 N–H and O–H groups in total. The molecule has 0 aliphatic heterocycles. The molecule has 0 aliphatic carbocycles. The Hall–Kier alpha value is -0.870. The molecule has 1 unspecified atom stereocenters. The van der Waals surface area contributed by atoms with Crippen LogP contribution in [-0.4, -0.2) is 35.5 Å². The molecular formula is C8H14O4. The smallest absolute Gasteiger partial charge is 0.333 e. The summed E-state index contributed by atoms with van der Waals surface area (Å²) >= 11 is 0. The maximum atomic E-state index is 10.9. The Bertz CT molecular complexity index is 174. The van der Waals surface area contributed by atoms with Gasteiger partial charge in [0, 0.05) is 5.57 Å². The second-order valence-corrected chi connectivity index (χ2v) is 2.32. The van der Waals surface area contributed by atoms with Gasteiger partial charge < -0.3 is 14.9 Å². The molecular weight excluding hydrogens is 160 g/mol. The van der Waals surface area contributed by atoms with E-state index < -0.39 is 18.7 Å². The van der Waals surface area contributed by atoms with E-state index in [-0.39, 0.29) is 0 Å². The third-order valence-electron chi connectivity index (χ3n) is 1.23. The van der Waals surface area contributed by atoms with Gasteiger partial charge in [-0.15, -0.1) is 0 Å². The van der Waals surface area contributed by atoms with Gasteiger partial charge in [-0.05, 0) is 19.9 Å². The minimum absolute atomic E-state index is 0.304. The van der Waals surface area contributed by atoms with Crippen LogP contribution in [0.25, 0.3) is 0 Å². The van der Waals surface area contributed by atoms with Crippen molar-refractivity contribution in [2.45, 2.75) is 20.0 Å². The molecule has 12 heavy (non-hydrogen) atoms. The van der Waals surface area contributed by atoms with Crippen LogP contribution in [0, 0.1) is 0 Å². The topological polar surface area (TPSA) is 66.8 Å². The van der Waals surface area contributed by atoms with Crippen LogP contribution in [0.5, 0.6) is 0 Å². The third-order valence-corrected chi connectivity index (χ3v) is 1.23. The van der Waals surface area contributed by atoms with Crippen LogP contribution < -0.4 is 0 Å². The number of aliphatic hydroxyl groups excluding tert-OH is 2. The lowest BCUT2D eigenvalue weighted by Crippen LogP contribution is -2.12. The maximum Gasteiger partial charge on any atom is 0.333 e. The van der Waals surface area contributed by atoms with Crippen LogP contribution in [0.2, 0.25) is 0 Å². The second kappa shape index (κ2) is 5.74. The number of esters is 1. The number of hydrogen-bond donors (Lipinski definition) is 2. The molecule has 0 bridgehead atoms. The summed E-state index contributed by atoms with van der Waals surface area (Å²) in [6.45, 7) is 3.14. The van der Waals surface area contributed by atoms with Crippen LogP contribution >= 0.6 is 0 Å². The van der Waals surface area contributed by atoms with Gasteiger partial charge in [-0.25, -0.2) is 4.79 Å². The molecule has 0 spiro atoms. The number of carbonyl (C=O) groups excluding carboxylic acids is 1. The highest BCUT2D eigenvalue weighted by Crippen LogP contribution is 1.98. The summed E-state index contributed by atoms with van der Waals surface area (Å²) in [7, 11) is 0. The molecule has 4 nitrogen and oxygen atoms in total. The van der Waals surface area contributed by atoms with Gasteiger partial charge in [-0.1, -0.05) is 0 Å². The summed E-state index contributed by atoms with van der Waals surface area (Å²) in [5, 5.41) is 17.4. The van der Waals surface area contributed by atoms with E-state index in [1.807, 2.05) is 0 Å². The molecule has 0 amide bonds. The van der Waals surface area contributed by atoms with Crippen LogP contribution in [-0.2, 0) is 9.53 Å². The molecule has 0 aromatic carbocycles. The van der Waals surface area contributed by atoms with Gasteiger partial charge >= 0.3 is 5.97 Å². The lowest BCUT2D eigenvalue weighted by atomic mass is 10.2. The van der Waals surface area contributed by atoms with Crippen molar-refractivity contribution in [1.29, 1.82) is 0 Å². The first kappa shape index (κ1) is 11.1. The summed E-state index contributed by atoms with van der Waals surface area (Å²) in [6.07, 6.45) is 0.271. The normalized spacial score (nSPS) is 14.2. The van der Waals surface area contributed by atoms with Crippen molar-refractivity contribution < 1.29 is 19.7 Å². The zero-order valence-electron chi connectivity index (χ0n) is 7.28. The molecule has 0 aromatic heterocycles. The Morgan fingerprint density at radius 3 is 2.67 bits per heavy atom. The molecule has 70 valence electrons. The molecule has 0 rings (SSSR count). The van der Waals surface area contributed by atoms with E-state index in [0.29, 0.717) is 12.2 Å². The van der Waals surface area contributed by atoms with Crippen molar-refractivity contribution in [1.82, 2.24) is 0 Å². The Labute approximate surface area is 71.5 Å². The van der Waals surface area contributed by atoms with Gasteiger partial charge in [0.1, 0.15) is 0 Å². The van der Waals surface area contributed by atoms with E-state index in [2.05, 4.69) is 4.74 Å². The largest absolute Gasteiger partial charge is 0.463 e. The minimum atomic E-state index is -0.991. The zero-order valence-corrected chi connectivity index (χ0v) is 7.28. The van der Waals surface area contributed by atoms with E-state index in [1.54, 1.807) is 6.92 Å². The average Bonchev–Trinajstić information content (AvgIpc) is 2.04. The van der Waals surface area contributed by atoms with E-state index in [4.69, 9.17) is 10.2 Å². The van der Waals surface area contributed by atoms with E-state index in [0.717, 1.165) is 0 Å². The van der Waals surface area contributed by atoms with Crippen molar-refractivity contribution >= 4 is 5.97 Å². The highest BCUT2D eigenvalue weighted by atomic mass is 16.5. The summed E-state index contributed by atoms with van der Waals surface area (Å²) in [4.78, 5) is 10.9. The number of aliphatic hydroxyl groups is 2. The quantitative estimate of drug-likeness (QED) is 0.459. The third kappa shape index (κ3) is 4.10. The van der Waals surface area contributed by atoms with Gasteiger partial charge in [0.05, 0.1) is 19.3 Å². The molecule has 0 fully saturated rings. The van der Waals surface area contributed by atoms with Crippen molar-refractivity contribution in [3.05, 3.63) is 11.6 Å². The fourth-order valence-corrected chi connectivity index (χ4v) is 0.654. The highest BCUT2D eigenvalue weighted by Gasteiger charge is 2.06. The summed E-state index contributed by atoms with van der Waals surface area (Å²) in [5.41, 5.74) is 0.304. The molecule has 0 aromatic rings. The first-order chi connectivity index (χ1) is 5.61. The van der Waals surface area contributed by atoms with Crippen LogP contribution in [0.15, 0.2) is 11.6 Å². The molecule has 1 atom stereocenters. The van der Waals surface area contributed by atoms with Gasteiger partial charge in [0.25, 0.3) is 0 Å². The average molecular weight is 174 g/mol. The number of carbonyl (C=O) groups is 1. The Balaban J connectivity index is 4.07. The lowest BCUT2D eigenvalue weighted by molar-refractivity contribution is -0.138. The number of rotatable bonds is 4. The van der Waals surface area contributed by atoms with Crippen molar-refractivity contribution in [2.24, 2.45) is 0 Å². The molecule has 0 saturated carbocycles. The molecule has 0 heterocycles. The predicted molar refractivity (Wildman–Crippen MR) is 43.5 cm³/mol. The van der Waals surface area contributed by atoms with Gasteiger partial charge in [0.15, 0.2) is 0 Å². The van der Waals surface area contributed by atoms with Crippen LogP contribution in [0.4, 0.5) is 0 Å². The summed E-state index contributed by atoms with van der Waals surface area (Å²) < 4.78 is 4.65. The summed E-state index contributed by atoms with van der Waals surface area (Å²) in [6, 6.07) is 0. The molecule has 4 heteroatoms. The Morgan fingerprint density at radius 1 is 1.67 bits per heavy atom. The van der Waals surface area contributed by atoms with E-state index in [9.17, 15) is 4.79 Å². The maximum absolute atomic E-state index is 10.9. The molecule has 0 radical (unpaired) electrons. The van der Waals surface area contributed by atoms with Crippen LogP contribution in [0.3, 0.4) is 0 Å². The van der Waals surface area contributed by atoms with Crippen LogP contribution in [0.1, 0.15) is 13.8 Å². The standard InChI is InChI=1S/C8H14O4/c1-3-12-8(11)6(2)4-7(10)5-9/h4,7,9-10H,3,5H2,1-2H3. The number of hydrogen-bond acceptors (Lipinski definition) is 4. The van der Waals surface area contributed by atoms with Crippen molar-refractivity contribution in [2.75, 3.05) is 13.2 Å². The monoisotopic (exact) mass is 174 g/mol. The Kier molecular flexibility index (Phi) is 5.32. The predicted octanol–water partition coefficient (Wildman–Crippen LogP) is -0.151. The second-order valence-electron chi connectivity index (χ2n) is 2.32. The molecule has 0 saturated heterocycles. The van der Waals surface area contributed by atoms with Gasteiger partial charge in [-0.3, -0.25) is 0 Å². The van der Waals surface area contributed by atoms with Crippen molar-refractivity contribution in [3.63, 3.8) is 0 Å². The van der Waals surface area contributed by atoms with Crippen molar-refractivity contribution in [3.8, 4) is 0 Å². The zero-order chi connectivity index (χ0) is 9.56. The first-order valence-electron chi connectivity index (χ1n) is 3.76. The highest BCUT2D eigenvalue weighted by molar-refractivity contribution is 5.87.